The van der Waals surface area contributed by atoms with Gasteiger partial charge in [-0.15, -0.1) is 0 Å². The average Bonchev–Trinajstić information content (AvgIpc) is 2.71. The Balaban J connectivity index is 0.000000260. The van der Waals surface area contributed by atoms with Gasteiger partial charge in [0, 0.05) is 0 Å². The van der Waals surface area contributed by atoms with Crippen LogP contribution in [0.3, 0.4) is 0 Å². The topological polar surface area (TPSA) is 0 Å². The molecule has 0 radical (unpaired) electrons. The van der Waals surface area contributed by atoms with Crippen LogP contribution in [0.1, 0.15) is 77.0 Å². The molecule has 0 atom stereocenters. The summed E-state index contributed by atoms with van der Waals surface area (Å²) >= 11 is 0. The lowest BCUT2D eigenvalue weighted by Crippen LogP contribution is -1.74. The highest BCUT2D eigenvalue weighted by Crippen LogP contribution is 2.05. The summed E-state index contributed by atoms with van der Waals surface area (Å²) in [6.07, 6.45) is 46.0. The first-order valence-electron chi connectivity index (χ1n) is 10.6. The van der Waals surface area contributed by atoms with Gasteiger partial charge in [0.15, 0.2) is 0 Å². The smallest absolute Gasteiger partial charge is 0.0316 e. The molecule has 2 rings (SSSR count). The van der Waals surface area contributed by atoms with E-state index in [4.69, 9.17) is 0 Å². The molecule has 0 heterocycles. The Morgan fingerprint density at radius 3 is 1.04 bits per heavy atom. The van der Waals surface area contributed by atoms with E-state index in [1.54, 1.807) is 0 Å². The fraction of sp³-hybridized carbons (Fsp3) is 0.462. The van der Waals surface area contributed by atoms with Crippen LogP contribution in [0.25, 0.3) is 0 Å². The zero-order chi connectivity index (χ0) is 18.4. The largest absolute Gasteiger partial charge is 0.0885 e. The molecule has 0 spiro atoms. The Hall–Kier alpha value is -1.82. The summed E-state index contributed by atoms with van der Waals surface area (Å²) in [6, 6.07) is 0. The first-order valence-corrected chi connectivity index (χ1v) is 10.6. The van der Waals surface area contributed by atoms with E-state index in [9.17, 15) is 0 Å². The Morgan fingerprint density at radius 2 is 0.577 bits per heavy atom. The molecule has 2 aliphatic rings. The first-order chi connectivity index (χ1) is 13.0. The SMILES string of the molecule is C1=CC=CCCCCCC=CC=C1.C1=CCCC=CCCCC=CCC1. The minimum absolute atomic E-state index is 1.21. The molecule has 0 fully saturated rings. The van der Waals surface area contributed by atoms with Crippen molar-refractivity contribution >= 4 is 0 Å². The summed E-state index contributed by atoms with van der Waals surface area (Å²) in [5.41, 5.74) is 0. The van der Waals surface area contributed by atoms with E-state index < -0.39 is 0 Å². The highest BCUT2D eigenvalue weighted by atomic mass is 13.9. The molecule has 0 aromatic rings. The Labute approximate surface area is 162 Å². The molecule has 142 valence electrons. The molecule has 0 aliphatic heterocycles. The average molecular weight is 351 g/mol. The number of allylic oxidation sites excluding steroid dienone is 14. The molecule has 0 unspecified atom stereocenters. The van der Waals surface area contributed by atoms with Crippen molar-refractivity contribution in [2.45, 2.75) is 77.0 Å². The third-order valence-electron chi connectivity index (χ3n) is 4.31. The summed E-state index contributed by atoms with van der Waals surface area (Å²) in [6.45, 7) is 0. The van der Waals surface area contributed by atoms with E-state index in [1.165, 1.54) is 77.0 Å². The van der Waals surface area contributed by atoms with Gasteiger partial charge >= 0.3 is 0 Å². The van der Waals surface area contributed by atoms with E-state index in [0.29, 0.717) is 0 Å². The second-order valence-electron chi connectivity index (χ2n) is 6.76. The quantitative estimate of drug-likeness (QED) is 0.384. The Kier molecular flexibility index (Phi) is 16.7. The number of hydrogen-bond acceptors (Lipinski definition) is 0. The summed E-state index contributed by atoms with van der Waals surface area (Å²) in [7, 11) is 0. The van der Waals surface area contributed by atoms with Crippen molar-refractivity contribution < 1.29 is 0 Å². The maximum atomic E-state index is 2.32. The molecule has 0 amide bonds. The van der Waals surface area contributed by atoms with Crippen LogP contribution < -0.4 is 0 Å². The summed E-state index contributed by atoms with van der Waals surface area (Å²) in [4.78, 5) is 0. The monoisotopic (exact) mass is 350 g/mol. The summed E-state index contributed by atoms with van der Waals surface area (Å²) < 4.78 is 0. The zero-order valence-electron chi connectivity index (χ0n) is 16.6. The molecule has 0 nitrogen and oxygen atoms in total. The van der Waals surface area contributed by atoms with Crippen molar-refractivity contribution in [2.24, 2.45) is 0 Å². The molecular formula is C26H38. The maximum absolute atomic E-state index is 2.32. The molecule has 0 aromatic carbocycles. The molecule has 0 N–H and O–H groups in total. The Morgan fingerprint density at radius 1 is 0.231 bits per heavy atom. The molecule has 0 saturated carbocycles. The van der Waals surface area contributed by atoms with Crippen molar-refractivity contribution in [3.8, 4) is 0 Å². The van der Waals surface area contributed by atoms with Crippen LogP contribution in [0.2, 0.25) is 0 Å². The highest BCUT2D eigenvalue weighted by Gasteiger charge is 1.85. The highest BCUT2D eigenvalue weighted by molar-refractivity contribution is 5.15. The van der Waals surface area contributed by atoms with E-state index in [2.05, 4.69) is 85.1 Å². The van der Waals surface area contributed by atoms with Crippen LogP contribution in [0.15, 0.2) is 85.1 Å². The van der Waals surface area contributed by atoms with Crippen molar-refractivity contribution in [3.05, 3.63) is 85.1 Å². The van der Waals surface area contributed by atoms with Crippen LogP contribution in [0.4, 0.5) is 0 Å². The van der Waals surface area contributed by atoms with Crippen LogP contribution in [0.5, 0.6) is 0 Å². The van der Waals surface area contributed by atoms with Crippen molar-refractivity contribution in [2.75, 3.05) is 0 Å². The molecule has 0 bridgehead atoms. The first kappa shape index (κ1) is 22.2. The van der Waals surface area contributed by atoms with Gasteiger partial charge in [0.2, 0.25) is 0 Å². The van der Waals surface area contributed by atoms with E-state index in [0.717, 1.165) is 0 Å². The molecule has 0 heteroatoms. The summed E-state index contributed by atoms with van der Waals surface area (Å²) in [5.74, 6) is 0. The van der Waals surface area contributed by atoms with Crippen LogP contribution in [-0.4, -0.2) is 0 Å². The lowest BCUT2D eigenvalue weighted by molar-refractivity contribution is 0.696. The van der Waals surface area contributed by atoms with Crippen molar-refractivity contribution in [3.63, 3.8) is 0 Å². The van der Waals surface area contributed by atoms with Gasteiger partial charge in [-0.3, -0.25) is 0 Å². The lowest BCUT2D eigenvalue weighted by Gasteiger charge is -1.93. The van der Waals surface area contributed by atoms with Gasteiger partial charge in [0.1, 0.15) is 0 Å². The number of rotatable bonds is 0. The van der Waals surface area contributed by atoms with Gasteiger partial charge in [0.05, 0.1) is 0 Å². The third-order valence-corrected chi connectivity index (χ3v) is 4.31. The molecule has 2 aliphatic carbocycles. The normalized spacial score (nSPS) is 19.7. The number of hydrogen-bond donors (Lipinski definition) is 0. The predicted molar refractivity (Wildman–Crippen MR) is 119 cm³/mol. The van der Waals surface area contributed by atoms with Gasteiger partial charge in [0.25, 0.3) is 0 Å². The van der Waals surface area contributed by atoms with Gasteiger partial charge in [-0.05, 0) is 70.6 Å². The second-order valence-corrected chi connectivity index (χ2v) is 6.76. The minimum Gasteiger partial charge on any atom is -0.0885 e. The van der Waals surface area contributed by atoms with Gasteiger partial charge in [-0.25, -0.2) is 0 Å². The maximum Gasteiger partial charge on any atom is -0.0316 e. The third kappa shape index (κ3) is 17.0. The van der Waals surface area contributed by atoms with Gasteiger partial charge in [-0.1, -0.05) is 91.5 Å². The molecule has 0 aromatic heterocycles. The van der Waals surface area contributed by atoms with E-state index >= 15 is 0 Å². The van der Waals surface area contributed by atoms with E-state index in [-0.39, 0.29) is 0 Å². The lowest BCUT2D eigenvalue weighted by atomic mass is 10.1. The van der Waals surface area contributed by atoms with Gasteiger partial charge < -0.3 is 0 Å². The molecule has 0 saturated heterocycles. The van der Waals surface area contributed by atoms with E-state index in [1.807, 2.05) is 0 Å². The van der Waals surface area contributed by atoms with Crippen molar-refractivity contribution in [1.82, 2.24) is 0 Å². The van der Waals surface area contributed by atoms with Crippen LogP contribution in [0, 0.1) is 0 Å². The van der Waals surface area contributed by atoms with Gasteiger partial charge in [-0.2, -0.15) is 0 Å². The zero-order valence-corrected chi connectivity index (χ0v) is 16.6. The van der Waals surface area contributed by atoms with Crippen LogP contribution >= 0.6 is 0 Å². The fourth-order valence-electron chi connectivity index (χ4n) is 2.75. The van der Waals surface area contributed by atoms with Crippen LogP contribution in [-0.2, 0) is 0 Å². The predicted octanol–water partition coefficient (Wildman–Crippen LogP) is 8.57. The summed E-state index contributed by atoms with van der Waals surface area (Å²) in [5, 5.41) is 0. The minimum atomic E-state index is 1.21. The second kappa shape index (κ2) is 19.5. The fourth-order valence-corrected chi connectivity index (χ4v) is 2.75. The molecular weight excluding hydrogens is 312 g/mol. The van der Waals surface area contributed by atoms with Crippen molar-refractivity contribution in [1.29, 1.82) is 0 Å². The Bertz CT molecular complexity index is 450. The molecule has 26 heavy (non-hydrogen) atoms. The standard InChI is InChI=1S/C13H20.C13H18/c2*1-2-4-6-8-10-12-13-11-9-7-5-3-1/h1-2,7-10H,3-6,11-13H2;1-8H,9-13H2.